The number of halogens is 1. The number of fused-ring (bicyclic) bond motifs is 2. The summed E-state index contributed by atoms with van der Waals surface area (Å²) in [5.74, 6) is 1.90. The molecule has 1 aliphatic carbocycles. The van der Waals surface area contributed by atoms with Crippen LogP contribution in [0.1, 0.15) is 31.1 Å². The maximum Gasteiger partial charge on any atom is 0.329 e. The van der Waals surface area contributed by atoms with Crippen LogP contribution < -0.4 is 10.6 Å². The van der Waals surface area contributed by atoms with E-state index >= 15 is 0 Å². The number of anilines is 1. The zero-order valence-electron chi connectivity index (χ0n) is 18.4. The Labute approximate surface area is 195 Å². The SMILES string of the molecule is CN(CC1CCOC1)c1nc(Cn2c(=O)n(C3CC3)c3ccncc32)nc2cc(Cl)ccc12. The predicted molar refractivity (Wildman–Crippen MR) is 128 cm³/mol. The minimum Gasteiger partial charge on any atom is -0.381 e. The number of aromatic nitrogens is 5. The largest absolute Gasteiger partial charge is 0.381 e. The zero-order chi connectivity index (χ0) is 22.5. The van der Waals surface area contributed by atoms with Gasteiger partial charge in [-0.15, -0.1) is 0 Å². The van der Waals surface area contributed by atoms with E-state index in [2.05, 4.69) is 9.88 Å². The third kappa shape index (κ3) is 3.77. The fourth-order valence-electron chi connectivity index (χ4n) is 4.80. The fourth-order valence-corrected chi connectivity index (χ4v) is 4.97. The van der Waals surface area contributed by atoms with Crippen molar-refractivity contribution in [1.82, 2.24) is 24.1 Å². The summed E-state index contributed by atoms with van der Waals surface area (Å²) in [6.45, 7) is 2.70. The van der Waals surface area contributed by atoms with Crippen molar-refractivity contribution in [3.63, 3.8) is 0 Å². The molecule has 0 bridgehead atoms. The summed E-state index contributed by atoms with van der Waals surface area (Å²) < 4.78 is 9.19. The van der Waals surface area contributed by atoms with Gasteiger partial charge in [0.2, 0.25) is 0 Å². The first-order valence-corrected chi connectivity index (χ1v) is 11.8. The number of rotatable bonds is 6. The minimum absolute atomic E-state index is 0.0340. The van der Waals surface area contributed by atoms with Crippen molar-refractivity contribution in [2.24, 2.45) is 5.92 Å². The number of pyridine rings is 1. The summed E-state index contributed by atoms with van der Waals surface area (Å²) in [5, 5.41) is 1.57. The van der Waals surface area contributed by atoms with E-state index in [9.17, 15) is 4.79 Å². The highest BCUT2D eigenvalue weighted by Crippen LogP contribution is 2.36. The van der Waals surface area contributed by atoms with Gasteiger partial charge >= 0.3 is 5.69 Å². The van der Waals surface area contributed by atoms with Crippen LogP contribution in [0.5, 0.6) is 0 Å². The third-order valence-corrected chi connectivity index (χ3v) is 6.81. The average molecular weight is 465 g/mol. The van der Waals surface area contributed by atoms with Crippen molar-refractivity contribution in [3.8, 4) is 0 Å². The first-order valence-electron chi connectivity index (χ1n) is 11.4. The van der Waals surface area contributed by atoms with Crippen molar-refractivity contribution in [1.29, 1.82) is 0 Å². The fraction of sp³-hybridized carbons (Fsp3) is 0.417. The van der Waals surface area contributed by atoms with Gasteiger partial charge in [-0.3, -0.25) is 14.1 Å². The van der Waals surface area contributed by atoms with E-state index in [1.54, 1.807) is 17.0 Å². The van der Waals surface area contributed by atoms with Crippen LogP contribution in [0.25, 0.3) is 21.9 Å². The van der Waals surface area contributed by atoms with Gasteiger partial charge in [0, 0.05) is 48.8 Å². The quantitative estimate of drug-likeness (QED) is 0.433. The van der Waals surface area contributed by atoms with Crippen molar-refractivity contribution < 1.29 is 4.74 Å². The Hall–Kier alpha value is -2.97. The van der Waals surface area contributed by atoms with E-state index in [4.69, 9.17) is 26.3 Å². The van der Waals surface area contributed by atoms with Gasteiger partial charge in [-0.25, -0.2) is 14.8 Å². The highest BCUT2D eigenvalue weighted by Gasteiger charge is 2.29. The molecule has 8 nitrogen and oxygen atoms in total. The molecule has 0 N–H and O–H groups in total. The number of ether oxygens (including phenoxy) is 1. The second-order valence-corrected chi connectivity index (χ2v) is 9.51. The molecular formula is C24H25ClN6O2. The molecule has 2 aliphatic rings. The van der Waals surface area contributed by atoms with E-state index < -0.39 is 0 Å². The van der Waals surface area contributed by atoms with Crippen LogP contribution in [0.3, 0.4) is 0 Å². The highest BCUT2D eigenvalue weighted by atomic mass is 35.5. The summed E-state index contributed by atoms with van der Waals surface area (Å²) in [7, 11) is 2.05. The molecule has 33 heavy (non-hydrogen) atoms. The van der Waals surface area contributed by atoms with Crippen LogP contribution in [0, 0.1) is 5.92 Å². The molecule has 0 spiro atoms. The van der Waals surface area contributed by atoms with E-state index in [-0.39, 0.29) is 18.3 Å². The number of benzene rings is 1. The third-order valence-electron chi connectivity index (χ3n) is 6.58. The summed E-state index contributed by atoms with van der Waals surface area (Å²) >= 11 is 6.29. The maximum atomic E-state index is 13.3. The highest BCUT2D eigenvalue weighted by molar-refractivity contribution is 6.31. The average Bonchev–Trinajstić information content (AvgIpc) is 3.44. The molecule has 170 valence electrons. The minimum atomic E-state index is -0.0340. The molecule has 6 rings (SSSR count). The lowest BCUT2D eigenvalue weighted by molar-refractivity contribution is 0.186. The maximum absolute atomic E-state index is 13.3. The Kier molecular flexibility index (Phi) is 5.07. The Morgan fingerprint density at radius 2 is 2.06 bits per heavy atom. The van der Waals surface area contributed by atoms with Crippen LogP contribution in [0.15, 0.2) is 41.5 Å². The van der Waals surface area contributed by atoms with Gasteiger partial charge < -0.3 is 9.64 Å². The van der Waals surface area contributed by atoms with Crippen molar-refractivity contribution in [2.75, 3.05) is 31.7 Å². The molecule has 1 aliphatic heterocycles. The van der Waals surface area contributed by atoms with Crippen LogP contribution >= 0.6 is 11.6 Å². The Morgan fingerprint density at radius 3 is 2.85 bits per heavy atom. The second-order valence-electron chi connectivity index (χ2n) is 9.07. The Balaban J connectivity index is 1.44. The Morgan fingerprint density at radius 1 is 1.18 bits per heavy atom. The first kappa shape index (κ1) is 20.6. The van der Waals surface area contributed by atoms with Gasteiger partial charge in [0.1, 0.15) is 5.82 Å². The van der Waals surface area contributed by atoms with Crippen LogP contribution in [-0.4, -0.2) is 50.9 Å². The van der Waals surface area contributed by atoms with Crippen molar-refractivity contribution >= 4 is 39.4 Å². The number of hydrogen-bond acceptors (Lipinski definition) is 6. The van der Waals surface area contributed by atoms with Gasteiger partial charge in [-0.05, 0) is 43.5 Å². The van der Waals surface area contributed by atoms with Gasteiger partial charge in [0.15, 0.2) is 5.82 Å². The van der Waals surface area contributed by atoms with Crippen molar-refractivity contribution in [2.45, 2.75) is 31.8 Å². The normalized spacial score (nSPS) is 18.4. The van der Waals surface area contributed by atoms with Crippen LogP contribution in [0.4, 0.5) is 5.82 Å². The summed E-state index contributed by atoms with van der Waals surface area (Å²) in [6, 6.07) is 7.87. The molecule has 9 heteroatoms. The monoisotopic (exact) mass is 464 g/mol. The smallest absolute Gasteiger partial charge is 0.329 e. The lowest BCUT2D eigenvalue weighted by Crippen LogP contribution is -2.28. The molecule has 2 fully saturated rings. The van der Waals surface area contributed by atoms with Gasteiger partial charge in [-0.1, -0.05) is 11.6 Å². The molecule has 0 radical (unpaired) electrons. The Bertz CT molecular complexity index is 1400. The molecule has 1 aromatic carbocycles. The molecular weight excluding hydrogens is 440 g/mol. The van der Waals surface area contributed by atoms with Crippen LogP contribution in [0.2, 0.25) is 5.02 Å². The van der Waals surface area contributed by atoms with Crippen LogP contribution in [-0.2, 0) is 11.3 Å². The topological polar surface area (TPSA) is 78.1 Å². The number of imidazole rings is 1. The standard InChI is InChI=1S/C24H25ClN6O2/c1-29(12-15-7-9-33-14-15)23-18-5-2-16(25)10-19(18)27-22(28-23)13-30-21-11-26-8-6-20(21)31(24(30)32)17-3-4-17/h2,5-6,8,10-11,15,17H,3-4,7,9,12-14H2,1H3. The molecule has 0 amide bonds. The number of hydrogen-bond donors (Lipinski definition) is 0. The molecule has 1 unspecified atom stereocenters. The second kappa shape index (κ2) is 8.11. The van der Waals surface area contributed by atoms with Crippen molar-refractivity contribution in [3.05, 3.63) is 58.0 Å². The summed E-state index contributed by atoms with van der Waals surface area (Å²) in [4.78, 5) is 29.5. The first-order chi connectivity index (χ1) is 16.1. The molecule has 1 saturated heterocycles. The number of nitrogens with zero attached hydrogens (tertiary/aromatic N) is 6. The van der Waals surface area contributed by atoms with E-state index in [0.29, 0.717) is 16.8 Å². The molecule has 4 aromatic rings. The van der Waals surface area contributed by atoms with Gasteiger partial charge in [0.25, 0.3) is 0 Å². The molecule has 1 saturated carbocycles. The molecule has 3 aromatic heterocycles. The predicted octanol–water partition coefficient (Wildman–Crippen LogP) is 3.65. The van der Waals surface area contributed by atoms with E-state index in [1.165, 1.54) is 0 Å². The molecule has 4 heterocycles. The lowest BCUT2D eigenvalue weighted by atomic mass is 10.1. The molecule has 1 atom stereocenters. The lowest BCUT2D eigenvalue weighted by Gasteiger charge is -2.23. The summed E-state index contributed by atoms with van der Waals surface area (Å²) in [5.41, 5.74) is 2.46. The zero-order valence-corrected chi connectivity index (χ0v) is 19.2. The van der Waals surface area contributed by atoms with E-state index in [1.807, 2.05) is 35.9 Å². The van der Waals surface area contributed by atoms with Gasteiger partial charge in [-0.2, -0.15) is 0 Å². The van der Waals surface area contributed by atoms with Gasteiger partial charge in [0.05, 0.1) is 35.9 Å². The van der Waals surface area contributed by atoms with E-state index in [0.717, 1.165) is 66.8 Å². The summed E-state index contributed by atoms with van der Waals surface area (Å²) in [6.07, 6.45) is 6.60.